The van der Waals surface area contributed by atoms with Crippen LogP contribution in [0.3, 0.4) is 0 Å². The van der Waals surface area contributed by atoms with Crippen molar-refractivity contribution >= 4 is 16.8 Å². The molecule has 1 aliphatic heterocycles. The van der Waals surface area contributed by atoms with E-state index in [1.54, 1.807) is 24.4 Å². The Bertz CT molecular complexity index is 1250. The van der Waals surface area contributed by atoms with Crippen molar-refractivity contribution < 1.29 is 13.9 Å². The van der Waals surface area contributed by atoms with Crippen LogP contribution in [0.4, 0.5) is 4.39 Å². The molecule has 1 amide bonds. The first-order valence-corrected chi connectivity index (χ1v) is 9.87. The lowest BCUT2D eigenvalue weighted by atomic mass is 9.99. The van der Waals surface area contributed by atoms with Crippen molar-refractivity contribution in [2.75, 3.05) is 6.61 Å². The highest BCUT2D eigenvalue weighted by molar-refractivity contribution is 5.98. The van der Waals surface area contributed by atoms with Gasteiger partial charge in [0.1, 0.15) is 11.6 Å². The maximum atomic E-state index is 14.3. The van der Waals surface area contributed by atoms with Gasteiger partial charge in [0.05, 0.1) is 29.5 Å². The van der Waals surface area contributed by atoms with Gasteiger partial charge in [-0.1, -0.05) is 18.2 Å². The minimum absolute atomic E-state index is 0.286. The van der Waals surface area contributed by atoms with Gasteiger partial charge in [-0.15, -0.1) is 0 Å². The Morgan fingerprint density at radius 3 is 2.90 bits per heavy atom. The summed E-state index contributed by atoms with van der Waals surface area (Å²) in [6, 6.07) is 13.9. The Kier molecular flexibility index (Phi) is 4.47. The number of pyridine rings is 1. The number of hydrogen-bond donors (Lipinski definition) is 2. The standard InChI is InChI=1S/C24H20FN3O2/c1-14-12-26-19-6-2-4-16(22(14)19)18-9-8-15(13-27-18)24(29)28-20-10-11-30-21-7-3-5-17(25)23(20)21/h2-9,12-13,20,26H,10-11H2,1H3,(H,28,29)/t20-/m0/s1. The lowest BCUT2D eigenvalue weighted by molar-refractivity contribution is 0.0923. The summed E-state index contributed by atoms with van der Waals surface area (Å²) in [5.41, 5.74) is 4.83. The molecule has 2 aromatic heterocycles. The molecule has 0 bridgehead atoms. The number of halogens is 1. The van der Waals surface area contributed by atoms with Crippen LogP contribution < -0.4 is 10.1 Å². The number of aryl methyl sites for hydroxylation is 1. The Morgan fingerprint density at radius 2 is 2.07 bits per heavy atom. The monoisotopic (exact) mass is 401 g/mol. The van der Waals surface area contributed by atoms with Crippen LogP contribution in [0.1, 0.15) is 33.9 Å². The lowest BCUT2D eigenvalue weighted by Crippen LogP contribution is -2.32. The Labute approximate surface area is 172 Å². The summed E-state index contributed by atoms with van der Waals surface area (Å²) in [5, 5.41) is 4.04. The van der Waals surface area contributed by atoms with Gasteiger partial charge in [0.15, 0.2) is 0 Å². The summed E-state index contributed by atoms with van der Waals surface area (Å²) in [4.78, 5) is 20.6. The Morgan fingerprint density at radius 1 is 1.20 bits per heavy atom. The molecule has 0 fully saturated rings. The summed E-state index contributed by atoms with van der Waals surface area (Å²) in [6.45, 7) is 2.48. The van der Waals surface area contributed by atoms with Crippen molar-refractivity contribution in [2.24, 2.45) is 0 Å². The van der Waals surface area contributed by atoms with Gasteiger partial charge in [0.25, 0.3) is 5.91 Å². The SMILES string of the molecule is Cc1c[nH]c2cccc(-c3ccc(C(=O)N[C@H]4CCOc5cccc(F)c54)cn3)c12. The maximum absolute atomic E-state index is 14.3. The molecule has 4 aromatic rings. The Hall–Kier alpha value is -3.67. The average Bonchev–Trinajstić information content (AvgIpc) is 3.15. The quantitative estimate of drug-likeness (QED) is 0.511. The Balaban J connectivity index is 1.40. The molecule has 6 heteroatoms. The number of carbonyl (C=O) groups excluding carboxylic acids is 1. The zero-order valence-corrected chi connectivity index (χ0v) is 16.4. The van der Waals surface area contributed by atoms with E-state index in [4.69, 9.17) is 4.74 Å². The number of benzene rings is 2. The van der Waals surface area contributed by atoms with E-state index < -0.39 is 6.04 Å². The van der Waals surface area contributed by atoms with E-state index in [1.165, 1.54) is 6.07 Å². The van der Waals surface area contributed by atoms with E-state index in [9.17, 15) is 9.18 Å². The molecule has 1 atom stereocenters. The van der Waals surface area contributed by atoms with Gasteiger partial charge < -0.3 is 15.0 Å². The fourth-order valence-corrected chi connectivity index (χ4v) is 4.05. The van der Waals surface area contributed by atoms with E-state index in [2.05, 4.69) is 22.2 Å². The van der Waals surface area contributed by atoms with Gasteiger partial charge in [0, 0.05) is 35.3 Å². The summed E-state index contributed by atoms with van der Waals surface area (Å²) >= 11 is 0. The van der Waals surface area contributed by atoms with E-state index in [0.717, 1.165) is 27.7 Å². The number of rotatable bonds is 3. The number of aromatic amines is 1. The van der Waals surface area contributed by atoms with Crippen molar-refractivity contribution in [1.29, 1.82) is 0 Å². The number of amides is 1. The third-order valence-electron chi connectivity index (χ3n) is 5.54. The van der Waals surface area contributed by atoms with E-state index in [0.29, 0.717) is 29.9 Å². The molecule has 0 aliphatic carbocycles. The number of nitrogens with zero attached hydrogens (tertiary/aromatic N) is 1. The highest BCUT2D eigenvalue weighted by atomic mass is 19.1. The highest BCUT2D eigenvalue weighted by Crippen LogP contribution is 2.34. The van der Waals surface area contributed by atoms with Crippen LogP contribution in [-0.2, 0) is 0 Å². The second kappa shape index (κ2) is 7.30. The molecule has 0 spiro atoms. The lowest BCUT2D eigenvalue weighted by Gasteiger charge is -2.27. The van der Waals surface area contributed by atoms with Crippen molar-refractivity contribution in [3.63, 3.8) is 0 Å². The first-order valence-electron chi connectivity index (χ1n) is 9.87. The van der Waals surface area contributed by atoms with Crippen LogP contribution in [0.15, 0.2) is 60.9 Å². The molecule has 30 heavy (non-hydrogen) atoms. The van der Waals surface area contributed by atoms with Gasteiger partial charge in [-0.3, -0.25) is 9.78 Å². The van der Waals surface area contributed by atoms with Crippen LogP contribution in [0.2, 0.25) is 0 Å². The summed E-state index contributed by atoms with van der Waals surface area (Å²) < 4.78 is 19.8. The topological polar surface area (TPSA) is 67.0 Å². The predicted molar refractivity (Wildman–Crippen MR) is 113 cm³/mol. The van der Waals surface area contributed by atoms with Crippen LogP contribution in [0.5, 0.6) is 5.75 Å². The van der Waals surface area contributed by atoms with Crippen LogP contribution in [-0.4, -0.2) is 22.5 Å². The number of H-pyrrole nitrogens is 1. The molecule has 2 N–H and O–H groups in total. The molecular weight excluding hydrogens is 381 g/mol. The van der Waals surface area contributed by atoms with Crippen LogP contribution in [0.25, 0.3) is 22.2 Å². The molecule has 1 aliphatic rings. The smallest absolute Gasteiger partial charge is 0.253 e. The van der Waals surface area contributed by atoms with Crippen LogP contribution >= 0.6 is 0 Å². The van der Waals surface area contributed by atoms with Crippen molar-refractivity contribution in [3.8, 4) is 17.0 Å². The third-order valence-corrected chi connectivity index (χ3v) is 5.54. The number of carbonyl (C=O) groups is 1. The summed E-state index contributed by atoms with van der Waals surface area (Å²) in [6.07, 6.45) is 4.05. The first kappa shape index (κ1) is 18.4. The third kappa shape index (κ3) is 3.10. The number of ether oxygens (including phenoxy) is 1. The summed E-state index contributed by atoms with van der Waals surface area (Å²) in [5.74, 6) is -0.179. The molecule has 0 saturated heterocycles. The number of nitrogens with one attached hydrogen (secondary N) is 2. The largest absolute Gasteiger partial charge is 0.493 e. The van der Waals surface area contributed by atoms with Gasteiger partial charge in [-0.05, 0) is 42.8 Å². The highest BCUT2D eigenvalue weighted by Gasteiger charge is 2.26. The molecule has 0 radical (unpaired) electrons. The van der Waals surface area contributed by atoms with Crippen molar-refractivity contribution in [1.82, 2.24) is 15.3 Å². The average molecular weight is 401 g/mol. The van der Waals surface area contributed by atoms with Crippen molar-refractivity contribution in [2.45, 2.75) is 19.4 Å². The fraction of sp³-hybridized carbons (Fsp3) is 0.167. The normalized spacial score (nSPS) is 15.5. The zero-order valence-electron chi connectivity index (χ0n) is 16.4. The summed E-state index contributed by atoms with van der Waals surface area (Å²) in [7, 11) is 0. The molecule has 5 nitrogen and oxygen atoms in total. The van der Waals surface area contributed by atoms with E-state index in [-0.39, 0.29) is 11.7 Å². The molecule has 3 heterocycles. The zero-order chi connectivity index (χ0) is 20.7. The van der Waals surface area contributed by atoms with Crippen LogP contribution in [0, 0.1) is 12.7 Å². The first-order chi connectivity index (χ1) is 14.6. The number of hydrogen-bond acceptors (Lipinski definition) is 3. The molecule has 0 unspecified atom stereocenters. The van der Waals surface area contributed by atoms with Gasteiger partial charge in [-0.25, -0.2) is 4.39 Å². The minimum Gasteiger partial charge on any atom is -0.493 e. The molecule has 0 saturated carbocycles. The molecular formula is C24H20FN3O2. The maximum Gasteiger partial charge on any atom is 0.253 e. The van der Waals surface area contributed by atoms with E-state index >= 15 is 0 Å². The number of aromatic nitrogens is 2. The second-order valence-electron chi connectivity index (χ2n) is 7.45. The van der Waals surface area contributed by atoms with Crippen molar-refractivity contribution in [3.05, 3.63) is 83.4 Å². The molecule has 5 rings (SSSR count). The predicted octanol–water partition coefficient (Wildman–Crippen LogP) is 4.93. The van der Waals surface area contributed by atoms with Gasteiger partial charge >= 0.3 is 0 Å². The van der Waals surface area contributed by atoms with Gasteiger partial charge in [0.2, 0.25) is 0 Å². The van der Waals surface area contributed by atoms with Gasteiger partial charge in [-0.2, -0.15) is 0 Å². The van der Waals surface area contributed by atoms with E-state index in [1.807, 2.05) is 30.5 Å². The molecule has 2 aromatic carbocycles. The molecule has 150 valence electrons. The second-order valence-corrected chi connectivity index (χ2v) is 7.45. The minimum atomic E-state index is -0.432. The fourth-order valence-electron chi connectivity index (χ4n) is 4.05. The number of fused-ring (bicyclic) bond motifs is 2.